The molecule has 0 fully saturated rings. The first-order valence-electron chi connectivity index (χ1n) is 5.86. The maximum Gasteiger partial charge on any atom is 0.220 e. The van der Waals surface area contributed by atoms with E-state index in [4.69, 9.17) is 0 Å². The first-order valence-corrected chi connectivity index (χ1v) is 7.02. The molecule has 0 aliphatic rings. The minimum Gasteiger partial charge on any atom is -0.355 e. The van der Waals surface area contributed by atoms with E-state index in [1.54, 1.807) is 0 Å². The van der Waals surface area contributed by atoms with Crippen molar-refractivity contribution in [3.63, 3.8) is 0 Å². The quantitative estimate of drug-likeness (QED) is 0.651. The van der Waals surface area contributed by atoms with Crippen molar-refractivity contribution in [1.82, 2.24) is 5.32 Å². The minimum atomic E-state index is 0.189. The van der Waals surface area contributed by atoms with E-state index in [0.29, 0.717) is 12.3 Å². The van der Waals surface area contributed by atoms with Crippen LogP contribution in [0.4, 0.5) is 0 Å². The second-order valence-electron chi connectivity index (χ2n) is 4.74. The van der Waals surface area contributed by atoms with Gasteiger partial charge >= 0.3 is 0 Å². The molecule has 0 spiro atoms. The molecule has 0 heterocycles. The van der Waals surface area contributed by atoms with Crippen LogP contribution in [0.15, 0.2) is 0 Å². The maximum absolute atomic E-state index is 11.3. The monoisotopic (exact) mass is 231 g/mol. The lowest BCUT2D eigenvalue weighted by molar-refractivity contribution is -0.121. The molecule has 0 aromatic rings. The van der Waals surface area contributed by atoms with Gasteiger partial charge in [0, 0.05) is 18.7 Å². The van der Waals surface area contributed by atoms with E-state index in [9.17, 15) is 4.79 Å². The molecule has 0 aromatic heterocycles. The third-order valence-corrected chi connectivity index (χ3v) is 3.02. The SMILES string of the molecule is CC(C)CCSCCNC(=O)CC(C)C. The summed E-state index contributed by atoms with van der Waals surface area (Å²) in [5, 5.41) is 2.94. The Morgan fingerprint density at radius 3 is 2.33 bits per heavy atom. The summed E-state index contributed by atoms with van der Waals surface area (Å²) in [4.78, 5) is 11.3. The van der Waals surface area contributed by atoms with Crippen LogP contribution in [0.1, 0.15) is 40.5 Å². The van der Waals surface area contributed by atoms with Crippen molar-refractivity contribution >= 4 is 17.7 Å². The van der Waals surface area contributed by atoms with Crippen molar-refractivity contribution in [3.8, 4) is 0 Å². The average molecular weight is 231 g/mol. The smallest absolute Gasteiger partial charge is 0.220 e. The van der Waals surface area contributed by atoms with Crippen LogP contribution in [0.3, 0.4) is 0 Å². The first kappa shape index (κ1) is 14.8. The Bertz CT molecular complexity index is 169. The Labute approximate surface area is 98.6 Å². The fraction of sp³-hybridized carbons (Fsp3) is 0.917. The molecular weight excluding hydrogens is 206 g/mol. The van der Waals surface area contributed by atoms with Crippen molar-refractivity contribution in [2.75, 3.05) is 18.1 Å². The molecule has 15 heavy (non-hydrogen) atoms. The van der Waals surface area contributed by atoms with Crippen LogP contribution in [0.25, 0.3) is 0 Å². The molecule has 90 valence electrons. The molecule has 2 nitrogen and oxygen atoms in total. The molecule has 0 aliphatic heterocycles. The molecule has 0 bridgehead atoms. The Balaban J connectivity index is 3.20. The highest BCUT2D eigenvalue weighted by Gasteiger charge is 2.03. The van der Waals surface area contributed by atoms with Gasteiger partial charge in [0.15, 0.2) is 0 Å². The molecule has 0 aromatic carbocycles. The Morgan fingerprint density at radius 1 is 1.13 bits per heavy atom. The molecule has 0 saturated carbocycles. The van der Waals surface area contributed by atoms with Gasteiger partial charge in [-0.2, -0.15) is 11.8 Å². The van der Waals surface area contributed by atoms with E-state index < -0.39 is 0 Å². The van der Waals surface area contributed by atoms with Crippen LogP contribution in [0.2, 0.25) is 0 Å². The van der Waals surface area contributed by atoms with Crippen LogP contribution in [-0.4, -0.2) is 24.0 Å². The van der Waals surface area contributed by atoms with Gasteiger partial charge in [-0.25, -0.2) is 0 Å². The lowest BCUT2D eigenvalue weighted by Gasteiger charge is -2.07. The highest BCUT2D eigenvalue weighted by molar-refractivity contribution is 7.99. The largest absolute Gasteiger partial charge is 0.355 e. The van der Waals surface area contributed by atoms with E-state index in [2.05, 4.69) is 33.0 Å². The van der Waals surface area contributed by atoms with Gasteiger partial charge < -0.3 is 5.32 Å². The zero-order valence-corrected chi connectivity index (χ0v) is 11.3. The summed E-state index contributed by atoms with van der Waals surface area (Å²) in [6, 6.07) is 0. The second-order valence-corrected chi connectivity index (χ2v) is 5.97. The van der Waals surface area contributed by atoms with E-state index in [1.165, 1.54) is 12.2 Å². The summed E-state index contributed by atoms with van der Waals surface area (Å²) in [6.07, 6.45) is 1.92. The molecule has 0 aliphatic carbocycles. The number of hydrogen-bond acceptors (Lipinski definition) is 2. The van der Waals surface area contributed by atoms with Crippen LogP contribution in [0.5, 0.6) is 0 Å². The minimum absolute atomic E-state index is 0.189. The van der Waals surface area contributed by atoms with E-state index in [1.807, 2.05) is 11.8 Å². The van der Waals surface area contributed by atoms with Crippen molar-refractivity contribution in [3.05, 3.63) is 0 Å². The van der Waals surface area contributed by atoms with Crippen molar-refractivity contribution < 1.29 is 4.79 Å². The molecule has 0 atom stereocenters. The standard InChI is InChI=1S/C12H25NOS/c1-10(2)5-7-15-8-6-13-12(14)9-11(3)4/h10-11H,5-9H2,1-4H3,(H,13,14). The summed E-state index contributed by atoms with van der Waals surface area (Å²) in [5.41, 5.74) is 0. The Kier molecular flexibility index (Phi) is 8.97. The fourth-order valence-electron chi connectivity index (χ4n) is 1.13. The number of nitrogens with one attached hydrogen (secondary N) is 1. The summed E-state index contributed by atoms with van der Waals surface area (Å²) < 4.78 is 0. The Hall–Kier alpha value is -0.180. The average Bonchev–Trinajstić information content (AvgIpc) is 2.09. The van der Waals surface area contributed by atoms with Crippen LogP contribution in [-0.2, 0) is 4.79 Å². The van der Waals surface area contributed by atoms with Gasteiger partial charge in [-0.3, -0.25) is 4.79 Å². The first-order chi connectivity index (χ1) is 7.02. The lowest BCUT2D eigenvalue weighted by atomic mass is 10.1. The normalized spacial score (nSPS) is 11.1. The van der Waals surface area contributed by atoms with Crippen LogP contribution >= 0.6 is 11.8 Å². The second kappa shape index (κ2) is 9.08. The molecule has 0 saturated heterocycles. The van der Waals surface area contributed by atoms with E-state index in [0.717, 1.165) is 18.2 Å². The van der Waals surface area contributed by atoms with Crippen molar-refractivity contribution in [2.45, 2.75) is 40.5 Å². The molecular formula is C12H25NOS. The molecule has 3 heteroatoms. The maximum atomic E-state index is 11.3. The number of carbonyl (C=O) groups excluding carboxylic acids is 1. The van der Waals surface area contributed by atoms with Gasteiger partial charge in [-0.1, -0.05) is 27.7 Å². The zero-order chi connectivity index (χ0) is 11.7. The van der Waals surface area contributed by atoms with Gasteiger partial charge in [0.2, 0.25) is 5.91 Å². The van der Waals surface area contributed by atoms with E-state index in [-0.39, 0.29) is 5.91 Å². The Morgan fingerprint density at radius 2 is 1.80 bits per heavy atom. The van der Waals surface area contributed by atoms with Gasteiger partial charge in [0.25, 0.3) is 0 Å². The number of thioether (sulfide) groups is 1. The molecule has 1 N–H and O–H groups in total. The van der Waals surface area contributed by atoms with Crippen LogP contribution in [0, 0.1) is 11.8 Å². The third-order valence-electron chi connectivity index (χ3n) is 2.00. The highest BCUT2D eigenvalue weighted by Crippen LogP contribution is 2.07. The third kappa shape index (κ3) is 11.7. The van der Waals surface area contributed by atoms with Gasteiger partial charge in [0.1, 0.15) is 0 Å². The number of hydrogen-bond donors (Lipinski definition) is 1. The number of carbonyl (C=O) groups is 1. The van der Waals surface area contributed by atoms with Crippen molar-refractivity contribution in [2.24, 2.45) is 11.8 Å². The van der Waals surface area contributed by atoms with Gasteiger partial charge in [-0.15, -0.1) is 0 Å². The topological polar surface area (TPSA) is 29.1 Å². The van der Waals surface area contributed by atoms with Crippen molar-refractivity contribution in [1.29, 1.82) is 0 Å². The van der Waals surface area contributed by atoms with E-state index >= 15 is 0 Å². The summed E-state index contributed by atoms with van der Waals surface area (Å²) in [7, 11) is 0. The summed E-state index contributed by atoms with van der Waals surface area (Å²) in [5.74, 6) is 3.68. The molecule has 0 radical (unpaired) electrons. The summed E-state index contributed by atoms with van der Waals surface area (Å²) >= 11 is 1.93. The zero-order valence-electron chi connectivity index (χ0n) is 10.5. The number of rotatable bonds is 8. The summed E-state index contributed by atoms with van der Waals surface area (Å²) in [6.45, 7) is 9.43. The van der Waals surface area contributed by atoms with Gasteiger partial charge in [0.05, 0.1) is 0 Å². The predicted octanol–water partition coefficient (Wildman–Crippen LogP) is 2.93. The molecule has 1 amide bonds. The lowest BCUT2D eigenvalue weighted by Crippen LogP contribution is -2.26. The van der Waals surface area contributed by atoms with Gasteiger partial charge in [-0.05, 0) is 24.0 Å². The highest BCUT2D eigenvalue weighted by atomic mass is 32.2. The molecule has 0 rings (SSSR count). The molecule has 0 unspecified atom stereocenters. The predicted molar refractivity (Wildman–Crippen MR) is 69.2 cm³/mol. The fourth-order valence-corrected chi connectivity index (χ4v) is 2.22. The van der Waals surface area contributed by atoms with Crippen LogP contribution < -0.4 is 5.32 Å². The number of amides is 1.